The molecule has 1 rings (SSSR count). The molecular formula is C9H13BrN2O. The van der Waals surface area contributed by atoms with Crippen LogP contribution in [0.4, 0.5) is 0 Å². The quantitative estimate of drug-likeness (QED) is 0.859. The number of hydrogen-bond acceptors (Lipinski definition) is 3. The van der Waals surface area contributed by atoms with Gasteiger partial charge in [0.2, 0.25) is 0 Å². The van der Waals surface area contributed by atoms with E-state index in [0.717, 1.165) is 17.3 Å². The minimum atomic E-state index is -0.168. The number of rotatable bonds is 3. The van der Waals surface area contributed by atoms with Gasteiger partial charge < -0.3 is 10.8 Å². The first-order valence-corrected chi connectivity index (χ1v) is 5.04. The highest BCUT2D eigenvalue weighted by atomic mass is 79.9. The third-order valence-corrected chi connectivity index (χ3v) is 2.25. The first kappa shape index (κ1) is 10.5. The summed E-state index contributed by atoms with van der Waals surface area (Å²) in [6.45, 7) is 2.05. The molecule has 1 unspecified atom stereocenters. The van der Waals surface area contributed by atoms with Crippen molar-refractivity contribution >= 4 is 15.9 Å². The minimum absolute atomic E-state index is 0.162. The molecule has 0 saturated carbocycles. The molecule has 13 heavy (non-hydrogen) atoms. The van der Waals surface area contributed by atoms with Gasteiger partial charge in [0.05, 0.1) is 11.7 Å². The van der Waals surface area contributed by atoms with E-state index in [1.54, 1.807) is 12.3 Å². The Morgan fingerprint density at radius 3 is 2.92 bits per heavy atom. The van der Waals surface area contributed by atoms with Crippen molar-refractivity contribution < 1.29 is 5.11 Å². The number of aromatic hydroxyl groups is 1. The Bertz CT molecular complexity index is 291. The Kier molecular flexibility index (Phi) is 3.69. The van der Waals surface area contributed by atoms with Crippen molar-refractivity contribution in [2.24, 2.45) is 5.73 Å². The molecule has 1 heterocycles. The summed E-state index contributed by atoms with van der Waals surface area (Å²) in [6, 6.07) is 1.44. The van der Waals surface area contributed by atoms with E-state index < -0.39 is 0 Å². The number of nitrogens with two attached hydrogens (primary N) is 1. The Hall–Kier alpha value is -0.610. The fourth-order valence-corrected chi connectivity index (χ4v) is 1.49. The van der Waals surface area contributed by atoms with E-state index >= 15 is 0 Å². The maximum absolute atomic E-state index is 9.52. The van der Waals surface area contributed by atoms with Crippen LogP contribution in [0.25, 0.3) is 0 Å². The van der Waals surface area contributed by atoms with Crippen molar-refractivity contribution in [2.45, 2.75) is 25.8 Å². The van der Waals surface area contributed by atoms with Gasteiger partial charge in [0, 0.05) is 10.7 Å². The van der Waals surface area contributed by atoms with Gasteiger partial charge in [-0.1, -0.05) is 13.3 Å². The Morgan fingerprint density at radius 1 is 1.69 bits per heavy atom. The predicted molar refractivity (Wildman–Crippen MR) is 55.4 cm³/mol. The van der Waals surface area contributed by atoms with Crippen molar-refractivity contribution in [3.05, 3.63) is 22.4 Å². The Labute approximate surface area is 86.1 Å². The van der Waals surface area contributed by atoms with Crippen LogP contribution in [0.3, 0.4) is 0 Å². The summed E-state index contributed by atoms with van der Waals surface area (Å²) in [5.74, 6) is 0.162. The maximum atomic E-state index is 9.52. The zero-order valence-electron chi connectivity index (χ0n) is 7.50. The van der Waals surface area contributed by atoms with Gasteiger partial charge in [0.25, 0.3) is 0 Å². The van der Waals surface area contributed by atoms with Gasteiger partial charge in [-0.15, -0.1) is 0 Å². The molecule has 0 aliphatic rings. The monoisotopic (exact) mass is 244 g/mol. The molecule has 0 aliphatic heterocycles. The zero-order valence-corrected chi connectivity index (χ0v) is 9.08. The molecule has 0 aromatic carbocycles. The van der Waals surface area contributed by atoms with E-state index in [0.29, 0.717) is 5.69 Å². The molecule has 3 nitrogen and oxygen atoms in total. The highest BCUT2D eigenvalue weighted by molar-refractivity contribution is 9.10. The molecule has 4 heteroatoms. The molecule has 0 fully saturated rings. The van der Waals surface area contributed by atoms with Crippen molar-refractivity contribution in [3.8, 4) is 5.75 Å². The molecule has 0 saturated heterocycles. The van der Waals surface area contributed by atoms with Gasteiger partial charge in [-0.05, 0) is 28.4 Å². The summed E-state index contributed by atoms with van der Waals surface area (Å²) in [5.41, 5.74) is 6.39. The summed E-state index contributed by atoms with van der Waals surface area (Å²) in [4.78, 5) is 4.07. The van der Waals surface area contributed by atoms with E-state index in [2.05, 4.69) is 27.8 Å². The zero-order chi connectivity index (χ0) is 9.84. The fourth-order valence-electron chi connectivity index (χ4n) is 1.17. The van der Waals surface area contributed by atoms with Crippen molar-refractivity contribution in [3.63, 3.8) is 0 Å². The number of pyridine rings is 1. The highest BCUT2D eigenvalue weighted by Gasteiger charge is 2.11. The van der Waals surface area contributed by atoms with Crippen LogP contribution in [0.5, 0.6) is 5.75 Å². The highest BCUT2D eigenvalue weighted by Crippen LogP contribution is 2.25. The number of aromatic nitrogens is 1. The topological polar surface area (TPSA) is 59.1 Å². The van der Waals surface area contributed by atoms with Gasteiger partial charge in [-0.25, -0.2) is 0 Å². The standard InChI is InChI=1S/C9H13BrN2O/c1-2-3-7(11)9-8(13)4-6(10)5-12-9/h4-5,7,13H,2-3,11H2,1H3. The molecule has 1 aromatic heterocycles. The molecule has 0 aliphatic carbocycles. The second-order valence-electron chi connectivity index (χ2n) is 2.95. The summed E-state index contributed by atoms with van der Waals surface area (Å²) in [5, 5.41) is 9.52. The number of nitrogens with zero attached hydrogens (tertiary/aromatic N) is 1. The fraction of sp³-hybridized carbons (Fsp3) is 0.444. The first-order valence-electron chi connectivity index (χ1n) is 4.25. The lowest BCUT2D eigenvalue weighted by atomic mass is 10.1. The largest absolute Gasteiger partial charge is 0.506 e. The third-order valence-electron chi connectivity index (χ3n) is 1.81. The second kappa shape index (κ2) is 4.58. The molecule has 0 spiro atoms. The molecule has 0 amide bonds. The lowest BCUT2D eigenvalue weighted by Gasteiger charge is -2.10. The van der Waals surface area contributed by atoms with Gasteiger partial charge in [0.1, 0.15) is 5.75 Å². The first-order chi connectivity index (χ1) is 6.15. The SMILES string of the molecule is CCCC(N)c1ncc(Br)cc1O. The van der Waals surface area contributed by atoms with E-state index in [-0.39, 0.29) is 11.8 Å². The molecule has 0 radical (unpaired) electrons. The van der Waals surface area contributed by atoms with Crippen LogP contribution in [0.15, 0.2) is 16.7 Å². The molecule has 1 aromatic rings. The van der Waals surface area contributed by atoms with Crippen molar-refractivity contribution in [1.82, 2.24) is 4.98 Å². The van der Waals surface area contributed by atoms with Gasteiger partial charge in [-0.3, -0.25) is 4.98 Å². The van der Waals surface area contributed by atoms with E-state index in [1.807, 2.05) is 0 Å². The lowest BCUT2D eigenvalue weighted by Crippen LogP contribution is -2.11. The van der Waals surface area contributed by atoms with Crippen molar-refractivity contribution in [1.29, 1.82) is 0 Å². The summed E-state index contributed by atoms with van der Waals surface area (Å²) >= 11 is 3.22. The van der Waals surface area contributed by atoms with Crippen molar-refractivity contribution in [2.75, 3.05) is 0 Å². The van der Waals surface area contributed by atoms with Crippen LogP contribution in [0.1, 0.15) is 31.5 Å². The smallest absolute Gasteiger partial charge is 0.139 e. The molecule has 3 N–H and O–H groups in total. The van der Waals surface area contributed by atoms with E-state index in [1.165, 1.54) is 0 Å². The van der Waals surface area contributed by atoms with E-state index in [9.17, 15) is 5.11 Å². The number of halogens is 1. The maximum Gasteiger partial charge on any atom is 0.139 e. The predicted octanol–water partition coefficient (Wildman–Crippen LogP) is 2.35. The van der Waals surface area contributed by atoms with Crippen LogP contribution in [0.2, 0.25) is 0 Å². The van der Waals surface area contributed by atoms with Crippen LogP contribution >= 0.6 is 15.9 Å². The summed E-state index contributed by atoms with van der Waals surface area (Å²) < 4.78 is 0.762. The van der Waals surface area contributed by atoms with Crippen LogP contribution in [-0.4, -0.2) is 10.1 Å². The minimum Gasteiger partial charge on any atom is -0.506 e. The van der Waals surface area contributed by atoms with Gasteiger partial charge >= 0.3 is 0 Å². The molecule has 0 bridgehead atoms. The van der Waals surface area contributed by atoms with Crippen LogP contribution < -0.4 is 5.73 Å². The molecule has 72 valence electrons. The third kappa shape index (κ3) is 2.67. The van der Waals surface area contributed by atoms with Crippen LogP contribution in [0, 0.1) is 0 Å². The summed E-state index contributed by atoms with van der Waals surface area (Å²) in [7, 11) is 0. The number of hydrogen-bond donors (Lipinski definition) is 2. The lowest BCUT2D eigenvalue weighted by molar-refractivity contribution is 0.451. The normalized spacial score (nSPS) is 12.8. The van der Waals surface area contributed by atoms with Crippen LogP contribution in [-0.2, 0) is 0 Å². The molecule has 1 atom stereocenters. The van der Waals surface area contributed by atoms with E-state index in [4.69, 9.17) is 5.73 Å². The molecular weight excluding hydrogens is 232 g/mol. The second-order valence-corrected chi connectivity index (χ2v) is 3.87. The Balaban J connectivity index is 2.88. The van der Waals surface area contributed by atoms with Gasteiger partial charge in [0.15, 0.2) is 0 Å². The summed E-state index contributed by atoms with van der Waals surface area (Å²) in [6.07, 6.45) is 3.46. The van der Waals surface area contributed by atoms with Gasteiger partial charge in [-0.2, -0.15) is 0 Å². The average Bonchev–Trinajstić information content (AvgIpc) is 2.04. The average molecular weight is 245 g/mol. The Morgan fingerprint density at radius 2 is 2.38 bits per heavy atom.